The molecule has 0 saturated carbocycles. The van der Waals surface area contributed by atoms with Gasteiger partial charge in [-0.15, -0.1) is 0 Å². The Morgan fingerprint density at radius 2 is 2.12 bits per heavy atom. The summed E-state index contributed by atoms with van der Waals surface area (Å²) in [6.07, 6.45) is 0.760. The van der Waals surface area contributed by atoms with E-state index in [0.29, 0.717) is 17.7 Å². The van der Waals surface area contributed by atoms with Crippen molar-refractivity contribution in [2.75, 3.05) is 7.11 Å². The molecule has 0 aliphatic carbocycles. The normalized spacial score (nSPS) is 10.4. The number of phenols is 1. The number of aromatic hydroxyl groups is 1. The van der Waals surface area contributed by atoms with Gasteiger partial charge in [0.15, 0.2) is 0 Å². The summed E-state index contributed by atoms with van der Waals surface area (Å²) in [4.78, 5) is 11.0. The Balaban J connectivity index is 2.72. The molecule has 4 heteroatoms. The molecule has 0 fully saturated rings. The maximum absolute atomic E-state index is 11.0. The van der Waals surface area contributed by atoms with Crippen LogP contribution in [0.15, 0.2) is 18.2 Å². The van der Waals surface area contributed by atoms with Gasteiger partial charge in [-0.05, 0) is 44.0 Å². The van der Waals surface area contributed by atoms with Crippen LogP contribution in [0.5, 0.6) is 11.5 Å². The summed E-state index contributed by atoms with van der Waals surface area (Å²) in [5.41, 5.74) is 0.688. The topological polar surface area (TPSA) is 55.8 Å². The number of ether oxygens (including phenoxy) is 2. The van der Waals surface area contributed by atoms with Crippen LogP contribution < -0.4 is 4.74 Å². The highest BCUT2D eigenvalue weighted by Crippen LogP contribution is 2.25. The second-order valence-electron chi connectivity index (χ2n) is 4.03. The van der Waals surface area contributed by atoms with E-state index in [1.54, 1.807) is 18.2 Å². The van der Waals surface area contributed by atoms with Crippen molar-refractivity contribution in [2.45, 2.75) is 32.8 Å². The molecule has 0 atom stereocenters. The van der Waals surface area contributed by atoms with Crippen LogP contribution in [0.25, 0.3) is 0 Å². The standard InChI is InChI=1S/C13H18O4/c1-9(2)17-11-5-6-12(14)10(8-11)4-7-13(15)16-3/h5-6,8-9,14H,4,7H2,1-3H3. The molecule has 1 aromatic rings. The van der Waals surface area contributed by atoms with Gasteiger partial charge < -0.3 is 14.6 Å². The number of esters is 1. The molecule has 0 saturated heterocycles. The summed E-state index contributed by atoms with van der Waals surface area (Å²) in [5.74, 6) is 0.572. The van der Waals surface area contributed by atoms with Crippen LogP contribution in [0, 0.1) is 0 Å². The number of benzene rings is 1. The van der Waals surface area contributed by atoms with Gasteiger partial charge in [-0.25, -0.2) is 0 Å². The quantitative estimate of drug-likeness (QED) is 0.799. The van der Waals surface area contributed by atoms with Gasteiger partial charge in [-0.3, -0.25) is 4.79 Å². The maximum Gasteiger partial charge on any atom is 0.305 e. The number of rotatable bonds is 5. The summed E-state index contributed by atoms with van der Waals surface area (Å²) in [6.45, 7) is 3.86. The minimum absolute atomic E-state index is 0.0769. The third kappa shape index (κ3) is 4.34. The van der Waals surface area contributed by atoms with Crippen molar-refractivity contribution < 1.29 is 19.4 Å². The molecule has 0 amide bonds. The van der Waals surface area contributed by atoms with Gasteiger partial charge in [0.2, 0.25) is 0 Å². The fourth-order valence-corrected chi connectivity index (χ4v) is 1.45. The fraction of sp³-hybridized carbons (Fsp3) is 0.462. The number of aryl methyl sites for hydroxylation is 1. The molecule has 0 bridgehead atoms. The Morgan fingerprint density at radius 1 is 1.41 bits per heavy atom. The van der Waals surface area contributed by atoms with E-state index in [1.807, 2.05) is 13.8 Å². The van der Waals surface area contributed by atoms with Crippen LogP contribution in [-0.4, -0.2) is 24.3 Å². The van der Waals surface area contributed by atoms with Crippen molar-refractivity contribution in [3.8, 4) is 11.5 Å². The summed E-state index contributed by atoms with van der Waals surface area (Å²) in [7, 11) is 1.35. The van der Waals surface area contributed by atoms with E-state index in [1.165, 1.54) is 7.11 Å². The molecule has 0 aromatic heterocycles. The van der Waals surface area contributed by atoms with Crippen LogP contribution in [0.4, 0.5) is 0 Å². The van der Waals surface area contributed by atoms with Crippen LogP contribution in [0.1, 0.15) is 25.8 Å². The van der Waals surface area contributed by atoms with E-state index in [-0.39, 0.29) is 24.2 Å². The largest absolute Gasteiger partial charge is 0.508 e. The average molecular weight is 238 g/mol. The molecule has 0 spiro atoms. The first-order valence-electron chi connectivity index (χ1n) is 5.58. The summed E-state index contributed by atoms with van der Waals surface area (Å²) >= 11 is 0. The van der Waals surface area contributed by atoms with Gasteiger partial charge in [0.25, 0.3) is 0 Å². The van der Waals surface area contributed by atoms with E-state index >= 15 is 0 Å². The van der Waals surface area contributed by atoms with Crippen molar-refractivity contribution >= 4 is 5.97 Å². The lowest BCUT2D eigenvalue weighted by Gasteiger charge is -2.11. The Kier molecular flexibility index (Phi) is 4.82. The lowest BCUT2D eigenvalue weighted by Crippen LogP contribution is -2.06. The molecular formula is C13H18O4. The number of carbonyl (C=O) groups excluding carboxylic acids is 1. The predicted molar refractivity (Wildman–Crippen MR) is 64.2 cm³/mol. The molecule has 4 nitrogen and oxygen atoms in total. The van der Waals surface area contributed by atoms with Crippen molar-refractivity contribution in [1.29, 1.82) is 0 Å². The molecule has 1 aromatic carbocycles. The first-order valence-corrected chi connectivity index (χ1v) is 5.58. The molecule has 1 N–H and O–H groups in total. The molecular weight excluding hydrogens is 220 g/mol. The van der Waals surface area contributed by atoms with Gasteiger partial charge in [-0.1, -0.05) is 0 Å². The molecule has 1 rings (SSSR count). The van der Waals surface area contributed by atoms with Gasteiger partial charge in [-0.2, -0.15) is 0 Å². The highest BCUT2D eigenvalue weighted by atomic mass is 16.5. The third-order valence-electron chi connectivity index (χ3n) is 2.25. The molecule has 0 radical (unpaired) electrons. The van der Waals surface area contributed by atoms with E-state index in [2.05, 4.69) is 4.74 Å². The van der Waals surface area contributed by atoms with Crippen molar-refractivity contribution in [3.63, 3.8) is 0 Å². The molecule has 94 valence electrons. The zero-order valence-corrected chi connectivity index (χ0v) is 10.4. The van der Waals surface area contributed by atoms with Crippen molar-refractivity contribution in [1.82, 2.24) is 0 Å². The molecule has 17 heavy (non-hydrogen) atoms. The van der Waals surface area contributed by atoms with Crippen LogP contribution in [0.3, 0.4) is 0 Å². The van der Waals surface area contributed by atoms with Gasteiger partial charge in [0, 0.05) is 6.42 Å². The van der Waals surface area contributed by atoms with Crippen LogP contribution in [-0.2, 0) is 16.0 Å². The van der Waals surface area contributed by atoms with Crippen molar-refractivity contribution in [3.05, 3.63) is 23.8 Å². The van der Waals surface area contributed by atoms with E-state index in [0.717, 1.165) is 0 Å². The second-order valence-corrected chi connectivity index (χ2v) is 4.03. The first-order chi connectivity index (χ1) is 8.02. The van der Waals surface area contributed by atoms with Gasteiger partial charge >= 0.3 is 5.97 Å². The van der Waals surface area contributed by atoms with Gasteiger partial charge in [0.05, 0.1) is 13.2 Å². The monoisotopic (exact) mass is 238 g/mol. The summed E-state index contributed by atoms with van der Waals surface area (Å²) < 4.78 is 10.1. The molecule has 0 aliphatic rings. The lowest BCUT2D eigenvalue weighted by molar-refractivity contribution is -0.140. The maximum atomic E-state index is 11.0. The SMILES string of the molecule is COC(=O)CCc1cc(OC(C)C)ccc1O. The van der Waals surface area contributed by atoms with Gasteiger partial charge in [0.1, 0.15) is 11.5 Å². The third-order valence-corrected chi connectivity index (χ3v) is 2.25. The molecule has 0 aliphatic heterocycles. The van der Waals surface area contributed by atoms with E-state index in [4.69, 9.17) is 4.74 Å². The van der Waals surface area contributed by atoms with E-state index in [9.17, 15) is 9.90 Å². The first kappa shape index (κ1) is 13.4. The number of hydrogen-bond donors (Lipinski definition) is 1. The van der Waals surface area contributed by atoms with Crippen molar-refractivity contribution in [2.24, 2.45) is 0 Å². The predicted octanol–water partition coefficient (Wildman–Crippen LogP) is 2.29. The number of phenolic OH excluding ortho intramolecular Hbond substituents is 1. The fourth-order valence-electron chi connectivity index (χ4n) is 1.45. The minimum Gasteiger partial charge on any atom is -0.508 e. The minimum atomic E-state index is -0.292. The van der Waals surface area contributed by atoms with Crippen LogP contribution in [0.2, 0.25) is 0 Å². The second kappa shape index (κ2) is 6.13. The average Bonchev–Trinajstić information content (AvgIpc) is 2.28. The Hall–Kier alpha value is -1.71. The number of carbonyl (C=O) groups is 1. The summed E-state index contributed by atoms with van der Waals surface area (Å²) in [5, 5.41) is 9.65. The highest BCUT2D eigenvalue weighted by molar-refractivity contribution is 5.69. The van der Waals surface area contributed by atoms with Crippen LogP contribution >= 0.6 is 0 Å². The number of methoxy groups -OCH3 is 1. The zero-order valence-electron chi connectivity index (χ0n) is 10.4. The Bertz CT molecular complexity index is 385. The Morgan fingerprint density at radius 3 is 2.71 bits per heavy atom. The zero-order chi connectivity index (χ0) is 12.8. The number of hydrogen-bond acceptors (Lipinski definition) is 4. The lowest BCUT2D eigenvalue weighted by atomic mass is 10.1. The highest BCUT2D eigenvalue weighted by Gasteiger charge is 2.08. The summed E-state index contributed by atoms with van der Waals surface area (Å²) in [6, 6.07) is 5.03. The molecule has 0 heterocycles. The Labute approximate surface area is 101 Å². The smallest absolute Gasteiger partial charge is 0.305 e. The van der Waals surface area contributed by atoms with E-state index < -0.39 is 0 Å². The molecule has 0 unspecified atom stereocenters.